The maximum Gasteiger partial charge on any atom is 0.336 e. The number of nitrogens with two attached hydrogens (primary N) is 2. The Hall–Kier alpha value is -1.71. The number of rotatable bonds is 7. The van der Waals surface area contributed by atoms with E-state index in [4.69, 9.17) is 11.5 Å². The summed E-state index contributed by atoms with van der Waals surface area (Å²) in [5.41, 5.74) is 15.0. The van der Waals surface area contributed by atoms with Crippen LogP contribution in [-0.2, 0) is 12.8 Å². The fraction of sp³-hybridized carbons (Fsp3) is 0.533. The molecule has 0 saturated carbocycles. The van der Waals surface area contributed by atoms with Gasteiger partial charge in [-0.1, -0.05) is 26.7 Å². The molecule has 0 amide bonds. The van der Waals surface area contributed by atoms with Crippen LogP contribution in [0.5, 0.6) is 0 Å². The summed E-state index contributed by atoms with van der Waals surface area (Å²) in [4.78, 5) is 11.4. The summed E-state index contributed by atoms with van der Waals surface area (Å²) in [5, 5.41) is 9.33. The minimum atomic E-state index is -0.921. The Kier molecular flexibility index (Phi) is 5.67. The van der Waals surface area contributed by atoms with Crippen LogP contribution in [0.2, 0.25) is 0 Å². The summed E-state index contributed by atoms with van der Waals surface area (Å²) in [6, 6.07) is 1.70. The second-order valence-electron chi connectivity index (χ2n) is 4.90. The van der Waals surface area contributed by atoms with Crippen LogP contribution in [0.15, 0.2) is 6.07 Å². The Morgan fingerprint density at radius 2 is 1.68 bits per heavy atom. The number of carbonyl (C=O) groups is 1. The van der Waals surface area contributed by atoms with Gasteiger partial charge in [-0.2, -0.15) is 0 Å². The van der Waals surface area contributed by atoms with Crippen molar-refractivity contribution in [1.82, 2.24) is 0 Å². The van der Waals surface area contributed by atoms with Crippen molar-refractivity contribution in [1.29, 1.82) is 0 Å². The van der Waals surface area contributed by atoms with Crippen LogP contribution in [0.3, 0.4) is 0 Å². The zero-order valence-electron chi connectivity index (χ0n) is 11.8. The highest BCUT2D eigenvalue weighted by Gasteiger charge is 2.17. The molecule has 106 valence electrons. The fourth-order valence-corrected chi connectivity index (χ4v) is 2.21. The van der Waals surface area contributed by atoms with Crippen molar-refractivity contribution in [2.24, 2.45) is 0 Å². The molecule has 0 aliphatic carbocycles. The number of aromatic carboxylic acids is 1. The largest absolute Gasteiger partial charge is 0.478 e. The van der Waals surface area contributed by atoms with Crippen LogP contribution < -0.4 is 11.5 Å². The molecule has 0 aliphatic rings. The third kappa shape index (κ3) is 3.63. The Bertz CT molecular complexity index is 456. The zero-order chi connectivity index (χ0) is 14.4. The van der Waals surface area contributed by atoms with Crippen molar-refractivity contribution < 1.29 is 9.90 Å². The van der Waals surface area contributed by atoms with Crippen molar-refractivity contribution in [3.05, 3.63) is 22.8 Å². The average molecular weight is 264 g/mol. The van der Waals surface area contributed by atoms with Crippen LogP contribution in [0.4, 0.5) is 11.4 Å². The van der Waals surface area contributed by atoms with Gasteiger partial charge in [-0.15, -0.1) is 0 Å². The van der Waals surface area contributed by atoms with E-state index >= 15 is 0 Å². The van der Waals surface area contributed by atoms with Gasteiger partial charge in [0.15, 0.2) is 0 Å². The zero-order valence-corrected chi connectivity index (χ0v) is 11.8. The van der Waals surface area contributed by atoms with E-state index in [0.29, 0.717) is 28.9 Å². The van der Waals surface area contributed by atoms with E-state index < -0.39 is 5.97 Å². The SMILES string of the molecule is CCCCc1cc(C(=O)O)c(CCCC)c(N)c1N. The minimum absolute atomic E-state index is 0.311. The van der Waals surface area contributed by atoms with Crippen molar-refractivity contribution >= 4 is 17.3 Å². The Labute approximate surface area is 114 Å². The average Bonchev–Trinajstić information content (AvgIpc) is 2.38. The number of anilines is 2. The molecule has 0 aliphatic heterocycles. The standard InChI is InChI=1S/C15H24N2O2/c1-3-5-7-10-9-12(15(18)19)11(8-6-4-2)14(17)13(10)16/h9H,3-8,16-17H2,1-2H3,(H,18,19). The van der Waals surface area contributed by atoms with Gasteiger partial charge in [-0.05, 0) is 42.9 Å². The van der Waals surface area contributed by atoms with Crippen molar-refractivity contribution in [2.75, 3.05) is 11.5 Å². The Morgan fingerprint density at radius 3 is 2.21 bits per heavy atom. The molecule has 0 bridgehead atoms. The molecule has 0 aromatic heterocycles. The monoisotopic (exact) mass is 264 g/mol. The summed E-state index contributed by atoms with van der Waals surface area (Å²) in [7, 11) is 0. The van der Waals surface area contributed by atoms with E-state index in [9.17, 15) is 9.90 Å². The maximum atomic E-state index is 11.4. The van der Waals surface area contributed by atoms with Gasteiger partial charge in [0.25, 0.3) is 0 Å². The summed E-state index contributed by atoms with van der Waals surface area (Å²) in [6.07, 6.45) is 5.38. The predicted octanol–water partition coefficient (Wildman–Crippen LogP) is 3.23. The molecule has 0 heterocycles. The summed E-state index contributed by atoms with van der Waals surface area (Å²) >= 11 is 0. The highest BCUT2D eigenvalue weighted by atomic mass is 16.4. The first-order valence-electron chi connectivity index (χ1n) is 6.95. The van der Waals surface area contributed by atoms with Crippen LogP contribution in [0, 0.1) is 0 Å². The van der Waals surface area contributed by atoms with E-state index in [1.54, 1.807) is 6.07 Å². The van der Waals surface area contributed by atoms with Crippen LogP contribution >= 0.6 is 0 Å². The third-order valence-corrected chi connectivity index (χ3v) is 3.42. The van der Waals surface area contributed by atoms with E-state index in [1.165, 1.54) is 0 Å². The van der Waals surface area contributed by atoms with Gasteiger partial charge >= 0.3 is 5.97 Å². The molecule has 1 aromatic carbocycles. The number of nitrogen functional groups attached to an aromatic ring is 2. The number of carboxylic acids is 1. The van der Waals surface area contributed by atoms with Gasteiger partial charge in [-0.25, -0.2) is 4.79 Å². The van der Waals surface area contributed by atoms with Gasteiger partial charge in [0, 0.05) is 0 Å². The van der Waals surface area contributed by atoms with E-state index in [-0.39, 0.29) is 0 Å². The highest BCUT2D eigenvalue weighted by molar-refractivity contribution is 5.94. The number of hydrogen-bond acceptors (Lipinski definition) is 3. The lowest BCUT2D eigenvalue weighted by molar-refractivity contribution is 0.0695. The maximum absolute atomic E-state index is 11.4. The number of hydrogen-bond donors (Lipinski definition) is 3. The smallest absolute Gasteiger partial charge is 0.336 e. The molecule has 5 N–H and O–H groups in total. The topological polar surface area (TPSA) is 89.3 Å². The molecule has 4 nitrogen and oxygen atoms in total. The third-order valence-electron chi connectivity index (χ3n) is 3.42. The van der Waals surface area contributed by atoms with Crippen molar-refractivity contribution in [3.8, 4) is 0 Å². The highest BCUT2D eigenvalue weighted by Crippen LogP contribution is 2.30. The summed E-state index contributed by atoms with van der Waals surface area (Å²) < 4.78 is 0. The van der Waals surface area contributed by atoms with Gasteiger partial charge in [0.05, 0.1) is 16.9 Å². The normalized spacial score (nSPS) is 10.6. The molecule has 1 aromatic rings. The second kappa shape index (κ2) is 7.02. The lowest BCUT2D eigenvalue weighted by Gasteiger charge is -2.16. The van der Waals surface area contributed by atoms with Crippen molar-refractivity contribution in [2.45, 2.75) is 52.4 Å². The van der Waals surface area contributed by atoms with E-state index in [1.807, 2.05) is 0 Å². The fourth-order valence-electron chi connectivity index (χ4n) is 2.21. The first kappa shape index (κ1) is 15.3. The van der Waals surface area contributed by atoms with Crippen LogP contribution in [0.25, 0.3) is 0 Å². The number of unbranched alkanes of at least 4 members (excludes halogenated alkanes) is 2. The minimum Gasteiger partial charge on any atom is -0.478 e. The van der Waals surface area contributed by atoms with Gasteiger partial charge < -0.3 is 16.6 Å². The van der Waals surface area contributed by atoms with Gasteiger partial charge in [0.1, 0.15) is 0 Å². The molecular formula is C15H24N2O2. The molecular weight excluding hydrogens is 240 g/mol. The molecule has 0 saturated heterocycles. The first-order valence-corrected chi connectivity index (χ1v) is 6.95. The van der Waals surface area contributed by atoms with Gasteiger partial charge in [0.2, 0.25) is 0 Å². The van der Waals surface area contributed by atoms with Crippen molar-refractivity contribution in [3.63, 3.8) is 0 Å². The second-order valence-corrected chi connectivity index (χ2v) is 4.90. The number of benzene rings is 1. The molecule has 19 heavy (non-hydrogen) atoms. The summed E-state index contributed by atoms with van der Waals surface area (Å²) in [5.74, 6) is -0.921. The number of aryl methyl sites for hydroxylation is 1. The molecule has 0 atom stereocenters. The molecule has 0 fully saturated rings. The molecule has 0 spiro atoms. The van der Waals surface area contributed by atoms with Crippen LogP contribution in [-0.4, -0.2) is 11.1 Å². The molecule has 0 radical (unpaired) electrons. The van der Waals surface area contributed by atoms with Gasteiger partial charge in [-0.3, -0.25) is 0 Å². The van der Waals surface area contributed by atoms with Crippen LogP contribution in [0.1, 0.15) is 61.0 Å². The molecule has 0 unspecified atom stereocenters. The van der Waals surface area contributed by atoms with E-state index in [0.717, 1.165) is 37.7 Å². The summed E-state index contributed by atoms with van der Waals surface area (Å²) in [6.45, 7) is 4.16. The lowest BCUT2D eigenvalue weighted by Crippen LogP contribution is -2.11. The predicted molar refractivity (Wildman–Crippen MR) is 79.5 cm³/mol. The van der Waals surface area contributed by atoms with E-state index in [2.05, 4.69) is 13.8 Å². The lowest BCUT2D eigenvalue weighted by atomic mass is 9.93. The first-order chi connectivity index (χ1) is 9.02. The Balaban J connectivity index is 3.23. The molecule has 1 rings (SSSR count). The Morgan fingerprint density at radius 1 is 1.11 bits per heavy atom. The number of carboxylic acid groups (broad SMARTS) is 1. The quantitative estimate of drug-likeness (QED) is 0.659. The molecule has 4 heteroatoms.